The van der Waals surface area contributed by atoms with Crippen LogP contribution in [0.1, 0.15) is 18.9 Å². The van der Waals surface area contributed by atoms with Gasteiger partial charge in [-0.2, -0.15) is 0 Å². The van der Waals surface area contributed by atoms with Crippen LogP contribution in [0.2, 0.25) is 5.02 Å². The molecule has 176 valence electrons. The average Bonchev–Trinajstić information content (AvgIpc) is 2.86. The minimum Gasteiger partial charge on any atom is -0.493 e. The third-order valence-electron chi connectivity index (χ3n) is 6.51. The maximum Gasteiger partial charge on any atom is 0.331 e. The van der Waals surface area contributed by atoms with E-state index in [1.807, 2.05) is 12.1 Å². The van der Waals surface area contributed by atoms with Gasteiger partial charge in [0, 0.05) is 37.6 Å². The predicted molar refractivity (Wildman–Crippen MR) is 132 cm³/mol. The van der Waals surface area contributed by atoms with Crippen molar-refractivity contribution in [3.8, 4) is 11.5 Å². The summed E-state index contributed by atoms with van der Waals surface area (Å²) in [4.78, 5) is 37.4. The van der Waals surface area contributed by atoms with Crippen LogP contribution in [0, 0.1) is 0 Å². The number of hydrogen-bond acceptors (Lipinski definition) is 7. The van der Waals surface area contributed by atoms with Crippen LogP contribution in [0.5, 0.6) is 11.5 Å². The van der Waals surface area contributed by atoms with Crippen molar-refractivity contribution >= 4 is 39.2 Å². The van der Waals surface area contributed by atoms with E-state index in [4.69, 9.17) is 21.1 Å². The number of fused-ring (bicyclic) bond motifs is 2. The van der Waals surface area contributed by atoms with Crippen molar-refractivity contribution in [3.63, 3.8) is 0 Å². The third-order valence-corrected chi connectivity index (χ3v) is 6.82. The molecule has 0 spiro atoms. The Morgan fingerprint density at radius 3 is 2.41 bits per heavy atom. The topological polar surface area (TPSA) is 91.5 Å². The first-order chi connectivity index (χ1) is 16.4. The lowest BCUT2D eigenvalue weighted by Crippen LogP contribution is -2.45. The number of aryl methyl sites for hydroxylation is 1. The lowest BCUT2D eigenvalue weighted by Gasteiger charge is -2.34. The van der Waals surface area contributed by atoms with Crippen LogP contribution in [0.15, 0.2) is 46.2 Å². The Labute approximate surface area is 200 Å². The molecule has 2 aromatic carbocycles. The van der Waals surface area contributed by atoms with Gasteiger partial charge in [-0.15, -0.1) is 0 Å². The molecule has 0 bridgehead atoms. The molecule has 0 aliphatic carbocycles. The smallest absolute Gasteiger partial charge is 0.331 e. The minimum atomic E-state index is -0.353. The zero-order valence-corrected chi connectivity index (χ0v) is 19.9. The summed E-state index contributed by atoms with van der Waals surface area (Å²) in [5.74, 6) is 1.99. The van der Waals surface area contributed by atoms with E-state index < -0.39 is 0 Å². The number of anilines is 1. The van der Waals surface area contributed by atoms with Crippen molar-refractivity contribution in [2.24, 2.45) is 7.05 Å². The molecule has 0 radical (unpaired) electrons. The predicted octanol–water partition coefficient (Wildman–Crippen LogP) is 3.16. The van der Waals surface area contributed by atoms with Gasteiger partial charge in [0.2, 0.25) is 0 Å². The highest BCUT2D eigenvalue weighted by Gasteiger charge is 2.27. The number of ether oxygens (including phenoxy) is 2. The second-order valence-corrected chi connectivity index (χ2v) is 8.70. The third kappa shape index (κ3) is 3.47. The molecular formula is C24H24ClN5O4. The molecule has 3 heterocycles. The van der Waals surface area contributed by atoms with Crippen LogP contribution in [0.3, 0.4) is 0 Å². The number of halogens is 1. The van der Waals surface area contributed by atoms with Gasteiger partial charge < -0.3 is 14.4 Å². The van der Waals surface area contributed by atoms with Gasteiger partial charge in [0.25, 0.3) is 5.56 Å². The SMILES string of the molecule is COc1cc2ncnc(N3CCC(n4c(=O)c5cccc(Cl)c5n(C)c4=O)CC3)c2cc1OC. The summed E-state index contributed by atoms with van der Waals surface area (Å²) in [6.45, 7) is 1.27. The van der Waals surface area contributed by atoms with Crippen molar-refractivity contribution in [2.45, 2.75) is 18.9 Å². The van der Waals surface area contributed by atoms with E-state index in [0.717, 1.165) is 16.7 Å². The van der Waals surface area contributed by atoms with Gasteiger partial charge in [-0.25, -0.2) is 14.8 Å². The lowest BCUT2D eigenvalue weighted by molar-refractivity contribution is 0.355. The van der Waals surface area contributed by atoms with Gasteiger partial charge in [0.1, 0.15) is 12.1 Å². The molecule has 0 amide bonds. The van der Waals surface area contributed by atoms with Gasteiger partial charge in [0.15, 0.2) is 11.5 Å². The van der Waals surface area contributed by atoms with Crippen molar-refractivity contribution in [3.05, 3.63) is 62.5 Å². The fourth-order valence-corrected chi connectivity index (χ4v) is 5.08. The number of hydrogen-bond donors (Lipinski definition) is 0. The van der Waals surface area contributed by atoms with Gasteiger partial charge in [0.05, 0.1) is 35.7 Å². The molecule has 10 heteroatoms. The van der Waals surface area contributed by atoms with Crippen LogP contribution in [-0.4, -0.2) is 46.4 Å². The number of aromatic nitrogens is 4. The number of nitrogens with zero attached hydrogens (tertiary/aromatic N) is 5. The standard InChI is InChI=1S/C24H24ClN5O4/c1-28-21-15(5-4-6-17(21)25)23(31)30(24(28)32)14-7-9-29(10-8-14)22-16-11-19(33-2)20(34-3)12-18(16)26-13-27-22/h4-6,11-14H,7-10H2,1-3H3. The molecule has 0 saturated carbocycles. The Hall–Kier alpha value is -3.59. The Bertz CT molecular complexity index is 1520. The Morgan fingerprint density at radius 2 is 1.71 bits per heavy atom. The fourth-order valence-electron chi connectivity index (χ4n) is 4.78. The fraction of sp³-hybridized carbons (Fsp3) is 0.333. The number of rotatable bonds is 4. The van der Waals surface area contributed by atoms with Gasteiger partial charge in [-0.05, 0) is 31.0 Å². The van der Waals surface area contributed by atoms with E-state index in [0.29, 0.717) is 53.4 Å². The summed E-state index contributed by atoms with van der Waals surface area (Å²) in [6.07, 6.45) is 2.78. The normalized spacial score (nSPS) is 14.6. The summed E-state index contributed by atoms with van der Waals surface area (Å²) in [6, 6.07) is 8.62. The first-order valence-corrected chi connectivity index (χ1v) is 11.3. The van der Waals surface area contributed by atoms with Crippen LogP contribution in [0.25, 0.3) is 21.8 Å². The highest BCUT2D eigenvalue weighted by molar-refractivity contribution is 6.35. The van der Waals surface area contributed by atoms with Gasteiger partial charge in [-0.1, -0.05) is 17.7 Å². The molecular weight excluding hydrogens is 458 g/mol. The van der Waals surface area contributed by atoms with E-state index in [-0.39, 0.29) is 17.3 Å². The minimum absolute atomic E-state index is 0.214. The van der Waals surface area contributed by atoms with Crippen LogP contribution in [0.4, 0.5) is 5.82 Å². The summed E-state index contributed by atoms with van der Waals surface area (Å²) >= 11 is 6.28. The van der Waals surface area contributed by atoms with Gasteiger partial charge in [-0.3, -0.25) is 13.9 Å². The summed E-state index contributed by atoms with van der Waals surface area (Å²) < 4.78 is 13.7. The van der Waals surface area contributed by atoms with Gasteiger partial charge >= 0.3 is 5.69 Å². The average molecular weight is 482 g/mol. The highest BCUT2D eigenvalue weighted by Crippen LogP contribution is 2.36. The molecule has 0 unspecified atom stereocenters. The molecule has 2 aromatic heterocycles. The summed E-state index contributed by atoms with van der Waals surface area (Å²) in [5.41, 5.74) is 0.558. The van der Waals surface area contributed by atoms with Crippen molar-refractivity contribution in [1.82, 2.24) is 19.1 Å². The quantitative estimate of drug-likeness (QED) is 0.442. The maximum absolute atomic E-state index is 13.2. The van der Waals surface area contributed by atoms with E-state index in [1.165, 1.54) is 15.5 Å². The van der Waals surface area contributed by atoms with E-state index in [1.54, 1.807) is 39.5 Å². The number of benzene rings is 2. The second kappa shape index (κ2) is 8.64. The zero-order valence-electron chi connectivity index (χ0n) is 19.1. The van der Waals surface area contributed by atoms with Crippen LogP contribution >= 0.6 is 11.6 Å². The molecule has 1 fully saturated rings. The largest absolute Gasteiger partial charge is 0.493 e. The van der Waals surface area contributed by atoms with Crippen LogP contribution < -0.4 is 25.6 Å². The summed E-state index contributed by atoms with van der Waals surface area (Å²) in [7, 11) is 4.83. The molecule has 1 saturated heterocycles. The molecule has 1 aliphatic rings. The zero-order chi connectivity index (χ0) is 24.0. The number of methoxy groups -OCH3 is 2. The molecule has 34 heavy (non-hydrogen) atoms. The van der Waals surface area contributed by atoms with Crippen molar-refractivity contribution in [2.75, 3.05) is 32.2 Å². The molecule has 1 aliphatic heterocycles. The molecule has 5 rings (SSSR count). The molecule has 0 atom stereocenters. The monoisotopic (exact) mass is 481 g/mol. The van der Waals surface area contributed by atoms with Crippen molar-refractivity contribution in [1.29, 1.82) is 0 Å². The van der Waals surface area contributed by atoms with Crippen molar-refractivity contribution < 1.29 is 9.47 Å². The Kier molecular flexibility index (Phi) is 5.65. The van der Waals surface area contributed by atoms with E-state index >= 15 is 0 Å². The molecule has 9 nitrogen and oxygen atoms in total. The number of piperidine rings is 1. The first kappa shape index (κ1) is 22.2. The molecule has 0 N–H and O–H groups in total. The Balaban J connectivity index is 1.49. The lowest BCUT2D eigenvalue weighted by atomic mass is 10.0. The summed E-state index contributed by atoms with van der Waals surface area (Å²) in [5, 5.41) is 1.69. The maximum atomic E-state index is 13.2. The second-order valence-electron chi connectivity index (χ2n) is 8.29. The molecule has 4 aromatic rings. The van der Waals surface area contributed by atoms with E-state index in [9.17, 15) is 9.59 Å². The first-order valence-electron chi connectivity index (χ1n) is 11.0. The van der Waals surface area contributed by atoms with E-state index in [2.05, 4.69) is 14.9 Å². The highest BCUT2D eigenvalue weighted by atomic mass is 35.5. The number of para-hydroxylation sites is 1. The van der Waals surface area contributed by atoms with Crippen LogP contribution in [-0.2, 0) is 7.05 Å². The Morgan fingerprint density at radius 1 is 1.00 bits per heavy atom.